The van der Waals surface area contributed by atoms with Crippen molar-refractivity contribution in [2.45, 2.75) is 11.4 Å². The molecule has 0 aliphatic carbocycles. The van der Waals surface area contributed by atoms with E-state index in [1.807, 2.05) is 7.05 Å². The number of hydrogen-bond donors (Lipinski definition) is 3. The second-order valence-corrected chi connectivity index (χ2v) is 7.93. The summed E-state index contributed by atoms with van der Waals surface area (Å²) in [5.41, 5.74) is 0.896. The Bertz CT molecular complexity index is 866. The van der Waals surface area contributed by atoms with Crippen molar-refractivity contribution in [3.63, 3.8) is 0 Å². The minimum Gasteiger partial charge on any atom is -0.355 e. The van der Waals surface area contributed by atoms with E-state index in [4.69, 9.17) is 23.2 Å². The molecule has 0 saturated carbocycles. The van der Waals surface area contributed by atoms with E-state index in [1.165, 1.54) is 0 Å². The number of halogens is 2. The molecule has 142 valence electrons. The third kappa shape index (κ3) is 5.38. The Balaban J connectivity index is 1.79. The fraction of sp³-hybridized carbons (Fsp3) is 0.312. The molecular weight excluding hydrogens is 397 g/mol. The van der Waals surface area contributed by atoms with Crippen LogP contribution in [0.5, 0.6) is 0 Å². The topological polar surface area (TPSA) is 87.5 Å². The Kier molecular flexibility index (Phi) is 7.33. The van der Waals surface area contributed by atoms with Crippen molar-refractivity contribution in [2.24, 2.45) is 12.0 Å². The molecule has 0 amide bonds. The first-order chi connectivity index (χ1) is 12.3. The predicted molar refractivity (Wildman–Crippen MR) is 105 cm³/mol. The lowest BCUT2D eigenvalue weighted by Crippen LogP contribution is -2.41. The van der Waals surface area contributed by atoms with Crippen LogP contribution < -0.4 is 15.4 Å². The van der Waals surface area contributed by atoms with E-state index in [2.05, 4.69) is 20.3 Å². The van der Waals surface area contributed by atoms with Crippen LogP contribution in [-0.2, 0) is 23.6 Å². The first-order valence-corrected chi connectivity index (χ1v) is 10.1. The summed E-state index contributed by atoms with van der Waals surface area (Å²) in [4.78, 5) is 4.33. The van der Waals surface area contributed by atoms with Crippen molar-refractivity contribution in [3.05, 3.63) is 52.3 Å². The number of aromatic nitrogens is 1. The van der Waals surface area contributed by atoms with Gasteiger partial charge in [0, 0.05) is 32.9 Å². The molecule has 0 aliphatic rings. The van der Waals surface area contributed by atoms with Crippen LogP contribution in [0.3, 0.4) is 0 Å². The molecule has 0 spiro atoms. The number of sulfonamides is 1. The van der Waals surface area contributed by atoms with Crippen LogP contribution in [0, 0.1) is 0 Å². The van der Waals surface area contributed by atoms with Gasteiger partial charge >= 0.3 is 0 Å². The van der Waals surface area contributed by atoms with Crippen molar-refractivity contribution >= 4 is 39.2 Å². The average Bonchev–Trinajstić information content (AvgIpc) is 2.88. The van der Waals surface area contributed by atoms with Crippen molar-refractivity contribution < 1.29 is 8.42 Å². The van der Waals surface area contributed by atoms with Gasteiger partial charge in [0.15, 0.2) is 5.96 Å². The summed E-state index contributed by atoms with van der Waals surface area (Å²) >= 11 is 12.0. The van der Waals surface area contributed by atoms with Gasteiger partial charge in [-0.25, -0.2) is 13.1 Å². The third-order valence-electron chi connectivity index (χ3n) is 3.64. The molecule has 2 rings (SSSR count). The van der Waals surface area contributed by atoms with Crippen LogP contribution in [0.15, 0.2) is 46.3 Å². The van der Waals surface area contributed by atoms with Crippen LogP contribution in [0.2, 0.25) is 10.2 Å². The van der Waals surface area contributed by atoms with Crippen molar-refractivity contribution in [3.8, 4) is 0 Å². The van der Waals surface area contributed by atoms with Gasteiger partial charge in [0.05, 0.1) is 16.5 Å². The third-order valence-corrected chi connectivity index (χ3v) is 5.96. The van der Waals surface area contributed by atoms with Crippen molar-refractivity contribution in [2.75, 3.05) is 20.1 Å². The van der Waals surface area contributed by atoms with Gasteiger partial charge in [0.25, 0.3) is 0 Å². The maximum absolute atomic E-state index is 12.1. The summed E-state index contributed by atoms with van der Waals surface area (Å²) in [6.07, 6.45) is 0. The van der Waals surface area contributed by atoms with Gasteiger partial charge in [-0.15, -0.1) is 0 Å². The number of nitrogens with one attached hydrogen (secondary N) is 3. The highest BCUT2D eigenvalue weighted by Gasteiger charge is 2.12. The molecule has 10 heteroatoms. The van der Waals surface area contributed by atoms with E-state index in [1.54, 1.807) is 48.0 Å². The lowest BCUT2D eigenvalue weighted by atomic mass is 10.4. The zero-order chi connectivity index (χ0) is 19.2. The standard InChI is InChI=1S/C16H21Cl2N5O2S/c1-19-16(21-11-12-10-14(17)15(18)23(12)2)20-8-9-22-26(24,25)13-6-4-3-5-7-13/h3-7,10,22H,8-9,11H2,1-2H3,(H2,19,20,21). The number of aliphatic imine (C=N–C) groups is 1. The number of nitrogens with zero attached hydrogens (tertiary/aromatic N) is 2. The molecule has 0 aliphatic heterocycles. The van der Waals surface area contributed by atoms with Gasteiger partial charge in [-0.1, -0.05) is 41.4 Å². The number of rotatable bonds is 7. The Morgan fingerprint density at radius 3 is 2.42 bits per heavy atom. The Labute approximate surface area is 163 Å². The molecule has 3 N–H and O–H groups in total. The normalized spacial score (nSPS) is 12.2. The number of guanidine groups is 1. The molecule has 1 aromatic carbocycles. The molecule has 2 aromatic rings. The molecular formula is C16H21Cl2N5O2S. The molecule has 26 heavy (non-hydrogen) atoms. The fourth-order valence-electron chi connectivity index (χ4n) is 2.20. The summed E-state index contributed by atoms with van der Waals surface area (Å²) in [6.45, 7) is 1.07. The second kappa shape index (κ2) is 9.27. The average molecular weight is 418 g/mol. The van der Waals surface area contributed by atoms with Gasteiger partial charge in [-0.2, -0.15) is 0 Å². The SMILES string of the molecule is CN=C(NCCNS(=O)(=O)c1ccccc1)NCc1cc(Cl)c(Cl)n1C. The number of benzene rings is 1. The monoisotopic (exact) mass is 417 g/mol. The molecule has 1 heterocycles. The van der Waals surface area contributed by atoms with E-state index < -0.39 is 10.0 Å². The van der Waals surface area contributed by atoms with Crippen LogP contribution in [-0.4, -0.2) is 39.1 Å². The molecule has 0 unspecified atom stereocenters. The predicted octanol–water partition coefficient (Wildman–Crippen LogP) is 1.98. The quantitative estimate of drug-likeness (QED) is 0.365. The molecule has 1 aromatic heterocycles. The Morgan fingerprint density at radius 2 is 1.85 bits per heavy atom. The maximum atomic E-state index is 12.1. The largest absolute Gasteiger partial charge is 0.355 e. The maximum Gasteiger partial charge on any atom is 0.240 e. The molecule has 0 fully saturated rings. The van der Waals surface area contributed by atoms with E-state index in [0.29, 0.717) is 29.2 Å². The van der Waals surface area contributed by atoms with Crippen LogP contribution in [0.1, 0.15) is 5.69 Å². The highest BCUT2D eigenvalue weighted by atomic mass is 35.5. The van der Waals surface area contributed by atoms with Gasteiger partial charge in [-0.05, 0) is 18.2 Å². The summed E-state index contributed by atoms with van der Waals surface area (Å²) in [5, 5.41) is 7.13. The van der Waals surface area contributed by atoms with Crippen LogP contribution in [0.25, 0.3) is 0 Å². The van der Waals surface area contributed by atoms with Crippen LogP contribution in [0.4, 0.5) is 0 Å². The van der Waals surface area contributed by atoms with E-state index >= 15 is 0 Å². The lowest BCUT2D eigenvalue weighted by molar-refractivity contribution is 0.580. The fourth-order valence-corrected chi connectivity index (χ4v) is 3.67. The number of hydrogen-bond acceptors (Lipinski definition) is 3. The van der Waals surface area contributed by atoms with Crippen molar-refractivity contribution in [1.29, 1.82) is 0 Å². The Morgan fingerprint density at radius 1 is 1.15 bits per heavy atom. The first kappa shape index (κ1) is 20.6. The van der Waals surface area contributed by atoms with E-state index in [-0.39, 0.29) is 11.4 Å². The highest BCUT2D eigenvalue weighted by Crippen LogP contribution is 2.24. The summed E-state index contributed by atoms with van der Waals surface area (Å²) in [5.74, 6) is 0.539. The van der Waals surface area contributed by atoms with Gasteiger partial charge in [0.1, 0.15) is 5.15 Å². The summed E-state index contributed by atoms with van der Waals surface area (Å²) < 4.78 is 28.5. The van der Waals surface area contributed by atoms with Gasteiger partial charge < -0.3 is 15.2 Å². The molecule has 0 atom stereocenters. The summed E-state index contributed by atoms with van der Waals surface area (Å²) in [6, 6.07) is 10.0. The summed E-state index contributed by atoms with van der Waals surface area (Å²) in [7, 11) is -0.0582. The highest BCUT2D eigenvalue weighted by molar-refractivity contribution is 7.89. The van der Waals surface area contributed by atoms with E-state index in [9.17, 15) is 8.42 Å². The minimum atomic E-state index is -3.51. The van der Waals surface area contributed by atoms with Crippen molar-refractivity contribution in [1.82, 2.24) is 19.9 Å². The molecule has 7 nitrogen and oxygen atoms in total. The molecule has 0 bridgehead atoms. The molecule has 0 saturated heterocycles. The van der Waals surface area contributed by atoms with Gasteiger partial charge in [-0.3, -0.25) is 4.99 Å². The van der Waals surface area contributed by atoms with Gasteiger partial charge in [0.2, 0.25) is 10.0 Å². The van der Waals surface area contributed by atoms with Crippen LogP contribution >= 0.6 is 23.2 Å². The first-order valence-electron chi connectivity index (χ1n) is 7.84. The second-order valence-electron chi connectivity index (χ2n) is 5.40. The minimum absolute atomic E-state index is 0.222. The Hall–Kier alpha value is -1.74. The lowest BCUT2D eigenvalue weighted by Gasteiger charge is -2.13. The van der Waals surface area contributed by atoms with E-state index in [0.717, 1.165) is 5.69 Å². The zero-order valence-corrected chi connectivity index (χ0v) is 16.8. The zero-order valence-electron chi connectivity index (χ0n) is 14.5. The molecule has 0 radical (unpaired) electrons. The smallest absolute Gasteiger partial charge is 0.240 e.